The number of phenolic OH excluding ortho intramolecular Hbond substituents is 2. The van der Waals surface area contributed by atoms with Crippen LogP contribution >= 0.6 is 0 Å². The first-order chi connectivity index (χ1) is 12.5. The summed E-state index contributed by atoms with van der Waals surface area (Å²) in [6.45, 7) is 8.28. The molecule has 0 radical (unpaired) electrons. The van der Waals surface area contributed by atoms with Gasteiger partial charge in [0, 0.05) is 11.5 Å². The van der Waals surface area contributed by atoms with Crippen LogP contribution in [0.5, 0.6) is 11.5 Å². The van der Waals surface area contributed by atoms with E-state index >= 15 is 0 Å². The van der Waals surface area contributed by atoms with E-state index in [1.807, 2.05) is 37.3 Å². The van der Waals surface area contributed by atoms with Crippen LogP contribution in [0.3, 0.4) is 0 Å². The van der Waals surface area contributed by atoms with Crippen LogP contribution in [0.25, 0.3) is 0 Å². The van der Waals surface area contributed by atoms with Gasteiger partial charge in [0.25, 0.3) is 0 Å². The van der Waals surface area contributed by atoms with E-state index < -0.39 is 0 Å². The zero-order chi connectivity index (χ0) is 18.7. The molecule has 0 fully saturated rings. The molecule has 2 aromatic rings. The van der Waals surface area contributed by atoms with Crippen molar-refractivity contribution in [3.8, 4) is 11.5 Å². The molecule has 0 aromatic heterocycles. The minimum absolute atomic E-state index is 0.00979. The summed E-state index contributed by atoms with van der Waals surface area (Å²) in [6, 6.07) is 13.9. The van der Waals surface area contributed by atoms with Crippen molar-refractivity contribution in [2.45, 2.75) is 45.4 Å². The molecule has 0 unspecified atom stereocenters. The number of phenols is 2. The van der Waals surface area contributed by atoms with Crippen molar-refractivity contribution in [2.75, 3.05) is 0 Å². The molecule has 136 valence electrons. The number of aryl methyl sites for hydroxylation is 2. The van der Waals surface area contributed by atoms with Gasteiger partial charge in [0.2, 0.25) is 0 Å². The maximum Gasteiger partial charge on any atom is 0.123 e. The van der Waals surface area contributed by atoms with Crippen LogP contribution < -0.4 is 0 Å². The van der Waals surface area contributed by atoms with Gasteiger partial charge in [-0.05, 0) is 68.7 Å². The zero-order valence-electron chi connectivity index (χ0n) is 15.7. The third-order valence-corrected chi connectivity index (χ3v) is 5.45. The highest BCUT2D eigenvalue weighted by Crippen LogP contribution is 2.46. The molecule has 0 heterocycles. The van der Waals surface area contributed by atoms with Gasteiger partial charge in [0.15, 0.2) is 0 Å². The Kier molecular flexibility index (Phi) is 5.51. The molecule has 0 saturated heterocycles. The van der Waals surface area contributed by atoms with Crippen LogP contribution in [-0.2, 0) is 12.8 Å². The fourth-order valence-electron chi connectivity index (χ4n) is 4.01. The van der Waals surface area contributed by atoms with Gasteiger partial charge < -0.3 is 10.2 Å². The van der Waals surface area contributed by atoms with E-state index in [1.54, 1.807) is 0 Å². The van der Waals surface area contributed by atoms with Gasteiger partial charge in [-0.2, -0.15) is 0 Å². The Morgan fingerprint density at radius 2 is 1.65 bits per heavy atom. The summed E-state index contributed by atoms with van der Waals surface area (Å²) < 4.78 is 0. The number of benzene rings is 2. The fourth-order valence-corrected chi connectivity index (χ4v) is 4.01. The van der Waals surface area contributed by atoms with Gasteiger partial charge in [0.1, 0.15) is 11.5 Å². The van der Waals surface area contributed by atoms with Gasteiger partial charge >= 0.3 is 0 Å². The number of aromatic hydroxyl groups is 2. The first-order valence-corrected chi connectivity index (χ1v) is 9.37. The molecule has 1 aliphatic rings. The van der Waals surface area contributed by atoms with E-state index in [0.717, 1.165) is 36.8 Å². The molecular formula is C24H28O2. The third-order valence-electron chi connectivity index (χ3n) is 5.45. The average Bonchev–Trinajstić information content (AvgIpc) is 2.60. The van der Waals surface area contributed by atoms with Crippen molar-refractivity contribution < 1.29 is 10.2 Å². The monoisotopic (exact) mass is 348 g/mol. The summed E-state index contributed by atoms with van der Waals surface area (Å²) in [4.78, 5) is 0. The highest BCUT2D eigenvalue weighted by Gasteiger charge is 2.30. The summed E-state index contributed by atoms with van der Waals surface area (Å²) in [6.07, 6.45) is 5.91. The standard InChI is InChI=1S/C24H28O2/c1-16(2)20-12-9-17(3)13-21(20)24-22(25)14-19(15-23(24)26)11-10-18-7-5-4-6-8-18/h4-8,13-15,20-21,25-26H,1,9-12H2,2-3H3/t20-,21+/m1/s1. The molecule has 3 rings (SSSR count). The van der Waals surface area contributed by atoms with Crippen molar-refractivity contribution >= 4 is 0 Å². The van der Waals surface area contributed by atoms with E-state index in [2.05, 4.69) is 31.7 Å². The van der Waals surface area contributed by atoms with Crippen LogP contribution in [0, 0.1) is 5.92 Å². The van der Waals surface area contributed by atoms with Crippen molar-refractivity contribution in [1.82, 2.24) is 0 Å². The lowest BCUT2D eigenvalue weighted by molar-refractivity contribution is 0.406. The number of hydrogen-bond acceptors (Lipinski definition) is 2. The van der Waals surface area contributed by atoms with E-state index in [0.29, 0.717) is 5.56 Å². The lowest BCUT2D eigenvalue weighted by atomic mass is 9.73. The Morgan fingerprint density at radius 1 is 1.04 bits per heavy atom. The van der Waals surface area contributed by atoms with Crippen LogP contribution in [0.15, 0.2) is 66.3 Å². The molecule has 0 saturated carbocycles. The fraction of sp³-hybridized carbons (Fsp3) is 0.333. The van der Waals surface area contributed by atoms with E-state index in [1.165, 1.54) is 11.1 Å². The molecule has 2 nitrogen and oxygen atoms in total. The Morgan fingerprint density at radius 3 is 2.27 bits per heavy atom. The SMILES string of the molecule is C=C(C)[C@H]1CCC(C)=C[C@@H]1c1c(O)cc(CCc2ccccc2)cc1O. The largest absolute Gasteiger partial charge is 0.507 e. The second-order valence-electron chi connectivity index (χ2n) is 7.56. The van der Waals surface area contributed by atoms with E-state index in [4.69, 9.17) is 0 Å². The topological polar surface area (TPSA) is 40.5 Å². The molecule has 0 bridgehead atoms. The van der Waals surface area contributed by atoms with Gasteiger partial charge in [-0.3, -0.25) is 0 Å². The molecule has 26 heavy (non-hydrogen) atoms. The lowest BCUT2D eigenvalue weighted by Crippen LogP contribution is -2.17. The van der Waals surface area contributed by atoms with Crippen LogP contribution in [-0.4, -0.2) is 10.2 Å². The number of allylic oxidation sites excluding steroid dienone is 3. The van der Waals surface area contributed by atoms with Crippen LogP contribution in [0.1, 0.15) is 49.3 Å². The van der Waals surface area contributed by atoms with Crippen molar-refractivity contribution in [3.63, 3.8) is 0 Å². The predicted molar refractivity (Wildman–Crippen MR) is 108 cm³/mol. The maximum absolute atomic E-state index is 10.7. The lowest BCUT2D eigenvalue weighted by Gasteiger charge is -2.31. The summed E-state index contributed by atoms with van der Waals surface area (Å²) in [5, 5.41) is 21.4. The molecule has 2 atom stereocenters. The van der Waals surface area contributed by atoms with Crippen LogP contribution in [0.4, 0.5) is 0 Å². The molecule has 2 heteroatoms. The van der Waals surface area contributed by atoms with Gasteiger partial charge in [-0.25, -0.2) is 0 Å². The Labute approximate surface area is 156 Å². The molecule has 0 amide bonds. The zero-order valence-corrected chi connectivity index (χ0v) is 15.7. The first kappa shape index (κ1) is 18.3. The highest BCUT2D eigenvalue weighted by atomic mass is 16.3. The first-order valence-electron chi connectivity index (χ1n) is 9.37. The van der Waals surface area contributed by atoms with E-state index in [-0.39, 0.29) is 23.3 Å². The Hall–Kier alpha value is -2.48. The van der Waals surface area contributed by atoms with Crippen LogP contribution in [0.2, 0.25) is 0 Å². The Bertz CT molecular complexity index is 794. The summed E-state index contributed by atoms with van der Waals surface area (Å²) in [7, 11) is 0. The number of rotatable bonds is 5. The van der Waals surface area contributed by atoms with Crippen molar-refractivity contribution in [2.24, 2.45) is 5.92 Å². The number of hydrogen-bond donors (Lipinski definition) is 2. The second-order valence-corrected chi connectivity index (χ2v) is 7.56. The second kappa shape index (κ2) is 7.82. The molecular weight excluding hydrogens is 320 g/mol. The summed E-state index contributed by atoms with van der Waals surface area (Å²) in [5.41, 5.74) is 5.25. The minimum Gasteiger partial charge on any atom is -0.507 e. The predicted octanol–water partition coefficient (Wildman–Crippen LogP) is 5.90. The van der Waals surface area contributed by atoms with Crippen molar-refractivity contribution in [1.29, 1.82) is 0 Å². The van der Waals surface area contributed by atoms with E-state index in [9.17, 15) is 10.2 Å². The Balaban J connectivity index is 1.87. The minimum atomic E-state index is -0.00979. The smallest absolute Gasteiger partial charge is 0.123 e. The molecule has 2 N–H and O–H groups in total. The normalized spacial score (nSPS) is 19.8. The molecule has 0 spiro atoms. The molecule has 0 aliphatic heterocycles. The summed E-state index contributed by atoms with van der Waals surface area (Å²) in [5.74, 6) is 0.626. The quantitative estimate of drug-likeness (QED) is 0.661. The average molecular weight is 348 g/mol. The molecule has 2 aromatic carbocycles. The van der Waals surface area contributed by atoms with Gasteiger partial charge in [-0.15, -0.1) is 0 Å². The highest BCUT2D eigenvalue weighted by molar-refractivity contribution is 5.52. The third kappa shape index (κ3) is 4.01. The van der Waals surface area contributed by atoms with Crippen molar-refractivity contribution in [3.05, 3.63) is 83.0 Å². The van der Waals surface area contributed by atoms with Gasteiger partial charge in [0.05, 0.1) is 0 Å². The maximum atomic E-state index is 10.7. The summed E-state index contributed by atoms with van der Waals surface area (Å²) >= 11 is 0. The molecule has 1 aliphatic carbocycles. The van der Waals surface area contributed by atoms with Gasteiger partial charge in [-0.1, -0.05) is 54.1 Å².